The molecule has 4 saturated heterocycles. The Balaban J connectivity index is 0.000000162. The summed E-state index contributed by atoms with van der Waals surface area (Å²) < 4.78 is 11.0. The van der Waals surface area contributed by atoms with Crippen molar-refractivity contribution in [2.24, 2.45) is 0 Å². The van der Waals surface area contributed by atoms with Gasteiger partial charge in [-0.1, -0.05) is 23.2 Å². The Morgan fingerprint density at radius 2 is 0.986 bits per heavy atom. The molecule has 4 fully saturated rings. The number of pyridine rings is 2. The van der Waals surface area contributed by atoms with Gasteiger partial charge < -0.3 is 60.6 Å². The number of ether oxygens (including phenoxy) is 2. The van der Waals surface area contributed by atoms with Crippen molar-refractivity contribution in [2.75, 3.05) is 148 Å². The highest BCUT2D eigenvalue weighted by Crippen LogP contribution is 2.37. The average molecular weight is 1050 g/mol. The molecule has 2 aromatic carbocycles. The van der Waals surface area contributed by atoms with Crippen molar-refractivity contribution < 1.29 is 9.47 Å². The smallest absolute Gasteiger partial charge is 0.229 e. The number of halogens is 3. The van der Waals surface area contributed by atoms with E-state index in [0.29, 0.717) is 33.3 Å². The van der Waals surface area contributed by atoms with Crippen molar-refractivity contribution in [3.05, 3.63) is 99.8 Å². The summed E-state index contributed by atoms with van der Waals surface area (Å²) >= 11 is 18.4. The van der Waals surface area contributed by atoms with Gasteiger partial charge in [0.2, 0.25) is 11.2 Å². The fourth-order valence-electron chi connectivity index (χ4n) is 9.27. The maximum Gasteiger partial charge on any atom is 0.229 e. The summed E-state index contributed by atoms with van der Waals surface area (Å²) in [6.07, 6.45) is 11.4. The highest BCUT2D eigenvalue weighted by molar-refractivity contribution is 6.34. The second-order valence-electron chi connectivity index (χ2n) is 18.5. The maximum absolute atomic E-state index is 6.48. The van der Waals surface area contributed by atoms with Crippen molar-refractivity contribution >= 4 is 98.1 Å². The van der Waals surface area contributed by atoms with E-state index in [4.69, 9.17) is 50.0 Å². The maximum atomic E-state index is 6.48. The van der Waals surface area contributed by atoms with E-state index in [2.05, 4.69) is 121 Å². The number of nitrogens with zero attached hydrogens (tertiary/aromatic N) is 12. The second kappa shape index (κ2) is 25.1. The lowest BCUT2D eigenvalue weighted by molar-refractivity contribution is 0.312. The zero-order valence-corrected chi connectivity index (χ0v) is 44.9. The van der Waals surface area contributed by atoms with Crippen LogP contribution < -0.4 is 50.8 Å². The molecule has 388 valence electrons. The number of nitrogen functional groups attached to an aromatic ring is 1. The lowest BCUT2D eigenvalue weighted by Gasteiger charge is -2.35. The first-order valence-corrected chi connectivity index (χ1v) is 25.9. The zero-order chi connectivity index (χ0) is 51.4. The molecule has 21 heteroatoms. The van der Waals surface area contributed by atoms with Gasteiger partial charge in [0.15, 0.2) is 23.3 Å². The Hall–Kier alpha value is -6.31. The monoisotopic (exact) mass is 1050 g/mol. The van der Waals surface area contributed by atoms with Crippen molar-refractivity contribution in [3.63, 3.8) is 0 Å². The lowest BCUT2D eigenvalue weighted by Crippen LogP contribution is -2.44. The van der Waals surface area contributed by atoms with E-state index in [1.165, 1.54) is 54.4 Å². The van der Waals surface area contributed by atoms with Gasteiger partial charge in [0.1, 0.15) is 21.5 Å². The number of methoxy groups -OCH3 is 2. The van der Waals surface area contributed by atoms with Gasteiger partial charge in [0.05, 0.1) is 49.4 Å². The molecule has 0 radical (unpaired) electrons. The average Bonchev–Trinajstić information content (AvgIpc) is 4.15. The predicted octanol–water partition coefficient (Wildman–Crippen LogP) is 9.54. The predicted molar refractivity (Wildman–Crippen MR) is 300 cm³/mol. The number of hydrogen-bond acceptors (Lipinski definition) is 18. The zero-order valence-electron chi connectivity index (χ0n) is 42.6. The van der Waals surface area contributed by atoms with Crippen molar-refractivity contribution in [1.29, 1.82) is 0 Å². The number of aromatic nitrogens is 6. The van der Waals surface area contributed by atoms with Crippen molar-refractivity contribution in [3.8, 4) is 11.5 Å². The van der Waals surface area contributed by atoms with E-state index >= 15 is 0 Å². The van der Waals surface area contributed by atoms with Crippen LogP contribution in [0.4, 0.5) is 63.3 Å². The molecule has 4 aromatic heterocycles. The van der Waals surface area contributed by atoms with Gasteiger partial charge >= 0.3 is 0 Å². The number of anilines is 11. The number of rotatable bonds is 12. The topological polar surface area (TPSA) is 177 Å². The van der Waals surface area contributed by atoms with Crippen LogP contribution in [0.1, 0.15) is 36.8 Å². The van der Waals surface area contributed by atoms with E-state index in [1.807, 2.05) is 36.5 Å². The van der Waals surface area contributed by atoms with Crippen LogP contribution >= 0.6 is 34.8 Å². The highest BCUT2D eigenvalue weighted by Gasteiger charge is 2.23. The number of aryl methyl sites for hydroxylation is 2. The van der Waals surface area contributed by atoms with Crippen LogP contribution in [0.2, 0.25) is 15.3 Å². The third kappa shape index (κ3) is 13.7. The molecule has 0 amide bonds. The molecule has 10 rings (SSSR count). The fourth-order valence-corrected chi connectivity index (χ4v) is 9.68. The molecule has 0 saturated carbocycles. The summed E-state index contributed by atoms with van der Waals surface area (Å²) in [5.41, 5.74) is 14.0. The van der Waals surface area contributed by atoms with Gasteiger partial charge in [-0.25, -0.2) is 19.9 Å². The number of piperazine rings is 2. The number of hydrogen-bond donors (Lipinski definition) is 4. The molecular formula is C52H67Cl3N16O2. The van der Waals surface area contributed by atoms with Gasteiger partial charge in [-0.15, -0.1) is 0 Å². The van der Waals surface area contributed by atoms with Crippen LogP contribution in [0.15, 0.2) is 73.3 Å². The Kier molecular flexibility index (Phi) is 18.2. The molecule has 0 spiro atoms. The Morgan fingerprint density at radius 1 is 0.521 bits per heavy atom. The van der Waals surface area contributed by atoms with Gasteiger partial charge in [-0.05, 0) is 113 Å². The van der Waals surface area contributed by atoms with Gasteiger partial charge in [0.25, 0.3) is 0 Å². The van der Waals surface area contributed by atoms with E-state index in [-0.39, 0.29) is 5.28 Å². The summed E-state index contributed by atoms with van der Waals surface area (Å²) in [6, 6.07) is 16.0. The largest absolute Gasteiger partial charge is 0.495 e. The van der Waals surface area contributed by atoms with Gasteiger partial charge in [0, 0.05) is 114 Å². The van der Waals surface area contributed by atoms with Crippen LogP contribution in [-0.4, -0.2) is 147 Å². The molecule has 0 atom stereocenters. The minimum absolute atomic E-state index is 0.156. The molecule has 0 aliphatic carbocycles. The second-order valence-corrected chi connectivity index (χ2v) is 19.7. The highest BCUT2D eigenvalue weighted by atomic mass is 35.5. The van der Waals surface area contributed by atoms with Gasteiger partial charge in [-0.3, -0.25) is 0 Å². The lowest BCUT2D eigenvalue weighted by atomic mass is 10.1. The van der Waals surface area contributed by atoms with Crippen LogP contribution in [0.5, 0.6) is 11.5 Å². The quantitative estimate of drug-likeness (QED) is 0.0672. The summed E-state index contributed by atoms with van der Waals surface area (Å²) in [5.74, 6) is 4.77. The molecule has 0 bridgehead atoms. The molecule has 73 heavy (non-hydrogen) atoms. The normalized spacial score (nSPS) is 16.1. The summed E-state index contributed by atoms with van der Waals surface area (Å²) in [7, 11) is 7.67. The van der Waals surface area contributed by atoms with Crippen LogP contribution in [0, 0.1) is 13.8 Å². The number of likely N-dealkylation sites (N-methyl/N-ethyl adjacent to an activating group) is 2. The first kappa shape index (κ1) is 53.0. The minimum atomic E-state index is 0.156. The minimum Gasteiger partial charge on any atom is -0.495 e. The Labute approximate surface area is 444 Å². The SMILES string of the molecule is COc1cc(N2CCN(C)CC2)c(C)cc1N.COc1cc(N2CCN(C)CC2)c(C)cc1Nc1ncc(Cl)c(Nc2cccnc2N2CCCC2)n1.Clc1ncc(Cl)c(Nc2cccnc2N2CCCC2)n1. The standard InChI is InChI=1S/C26H33ClN8O.C13H13Cl2N5.C13H21N3O/c1-18-15-21(23(36-3)16-22(18)34-13-11-33(2)12-14-34)31-26-29-17-19(27)24(32-26)30-20-7-6-8-28-25(20)35-9-4-5-10-35;14-9-8-17-13(15)19-11(9)18-10-4-3-5-16-12(10)20-6-1-2-7-20;1-10-8-11(14)13(17-3)9-12(10)16-6-4-15(2)5-7-16/h6-8,15-17H,4-5,9-14H2,1-3H3,(H2,29,30,31,32);3-5,8H,1-2,6-7H2,(H,17,18,19);8-9H,4-7,14H2,1-3H3. The van der Waals surface area contributed by atoms with E-state index in [1.54, 1.807) is 26.6 Å². The first-order valence-electron chi connectivity index (χ1n) is 24.8. The molecule has 18 nitrogen and oxygen atoms in total. The Bertz CT molecular complexity index is 2780. The number of benzene rings is 2. The van der Waals surface area contributed by atoms with Crippen molar-refractivity contribution in [2.45, 2.75) is 39.5 Å². The summed E-state index contributed by atoms with van der Waals surface area (Å²) in [6.45, 7) is 16.7. The van der Waals surface area contributed by atoms with Crippen LogP contribution in [0.3, 0.4) is 0 Å². The molecule has 6 aromatic rings. The molecule has 0 unspecified atom stereocenters. The van der Waals surface area contributed by atoms with Crippen LogP contribution in [-0.2, 0) is 0 Å². The Morgan fingerprint density at radius 3 is 1.49 bits per heavy atom. The molecule has 4 aliphatic heterocycles. The summed E-state index contributed by atoms with van der Waals surface area (Å²) in [5, 5.41) is 10.9. The third-order valence-electron chi connectivity index (χ3n) is 13.4. The number of nitrogens with two attached hydrogens (primary N) is 1. The van der Waals surface area contributed by atoms with Crippen LogP contribution in [0.25, 0.3) is 0 Å². The van der Waals surface area contributed by atoms with E-state index in [9.17, 15) is 0 Å². The first-order chi connectivity index (χ1) is 35.4. The van der Waals surface area contributed by atoms with E-state index < -0.39 is 0 Å². The fraction of sp³-hybridized carbons (Fsp3) is 0.423. The van der Waals surface area contributed by atoms with E-state index in [0.717, 1.165) is 119 Å². The summed E-state index contributed by atoms with van der Waals surface area (Å²) in [4.78, 5) is 40.1. The molecular weight excluding hydrogens is 987 g/mol. The van der Waals surface area contributed by atoms with Gasteiger partial charge in [-0.2, -0.15) is 9.97 Å². The third-order valence-corrected chi connectivity index (χ3v) is 14.1. The molecule has 5 N–H and O–H groups in total. The van der Waals surface area contributed by atoms with Crippen molar-refractivity contribution in [1.82, 2.24) is 39.7 Å². The molecule has 4 aliphatic rings. The molecule has 8 heterocycles. The number of nitrogens with one attached hydrogen (secondary N) is 3.